The van der Waals surface area contributed by atoms with Gasteiger partial charge in [-0.2, -0.15) is 0 Å². The van der Waals surface area contributed by atoms with Crippen molar-refractivity contribution in [1.29, 1.82) is 0 Å². The molecule has 120 valence electrons. The van der Waals surface area contributed by atoms with Crippen molar-refractivity contribution in [3.63, 3.8) is 0 Å². The molecule has 1 aliphatic heterocycles. The SMILES string of the molecule is Cc1ccc(SCCC(=O)N2C[C@@H](C)[C@H](C(=O)O)C2)cc1C. The van der Waals surface area contributed by atoms with Gasteiger partial charge in [0.15, 0.2) is 0 Å². The van der Waals surface area contributed by atoms with Gasteiger partial charge in [0.25, 0.3) is 0 Å². The van der Waals surface area contributed by atoms with Crippen molar-refractivity contribution in [2.24, 2.45) is 11.8 Å². The van der Waals surface area contributed by atoms with Crippen molar-refractivity contribution >= 4 is 23.6 Å². The highest BCUT2D eigenvalue weighted by Crippen LogP contribution is 2.25. The number of carboxylic acid groups (broad SMARTS) is 1. The van der Waals surface area contributed by atoms with Crippen LogP contribution in [0.15, 0.2) is 23.1 Å². The molecule has 1 amide bonds. The molecule has 1 heterocycles. The summed E-state index contributed by atoms with van der Waals surface area (Å²) in [5.41, 5.74) is 2.53. The summed E-state index contributed by atoms with van der Waals surface area (Å²) in [7, 11) is 0. The Bertz CT molecular complexity index is 573. The number of nitrogens with zero attached hydrogens (tertiary/aromatic N) is 1. The van der Waals surface area contributed by atoms with Gasteiger partial charge in [-0.15, -0.1) is 11.8 Å². The van der Waals surface area contributed by atoms with Gasteiger partial charge in [0.05, 0.1) is 5.92 Å². The molecule has 1 fully saturated rings. The largest absolute Gasteiger partial charge is 0.481 e. The maximum Gasteiger partial charge on any atom is 0.308 e. The Morgan fingerprint density at radius 3 is 2.59 bits per heavy atom. The third-order valence-electron chi connectivity index (χ3n) is 4.35. The Morgan fingerprint density at radius 1 is 1.27 bits per heavy atom. The van der Waals surface area contributed by atoms with Crippen LogP contribution in [0.2, 0.25) is 0 Å². The van der Waals surface area contributed by atoms with E-state index in [1.54, 1.807) is 16.7 Å². The van der Waals surface area contributed by atoms with Gasteiger partial charge >= 0.3 is 5.97 Å². The smallest absolute Gasteiger partial charge is 0.308 e. The van der Waals surface area contributed by atoms with Gasteiger partial charge in [0.1, 0.15) is 0 Å². The van der Waals surface area contributed by atoms with E-state index >= 15 is 0 Å². The third kappa shape index (κ3) is 4.03. The highest BCUT2D eigenvalue weighted by molar-refractivity contribution is 7.99. The van der Waals surface area contributed by atoms with Crippen LogP contribution in [0, 0.1) is 25.7 Å². The lowest BCUT2D eigenvalue weighted by atomic mass is 9.99. The molecule has 1 aliphatic rings. The summed E-state index contributed by atoms with van der Waals surface area (Å²) < 4.78 is 0. The maximum atomic E-state index is 12.2. The van der Waals surface area contributed by atoms with Crippen molar-refractivity contribution in [3.8, 4) is 0 Å². The molecule has 5 heteroatoms. The first kappa shape index (κ1) is 16.9. The fourth-order valence-corrected chi connectivity index (χ4v) is 3.65. The van der Waals surface area contributed by atoms with Crippen LogP contribution in [-0.2, 0) is 9.59 Å². The summed E-state index contributed by atoms with van der Waals surface area (Å²) in [4.78, 5) is 26.2. The number of carbonyl (C=O) groups excluding carboxylic acids is 1. The Labute approximate surface area is 135 Å². The van der Waals surface area contributed by atoms with Crippen LogP contribution in [0.25, 0.3) is 0 Å². The van der Waals surface area contributed by atoms with Gasteiger partial charge in [0.2, 0.25) is 5.91 Å². The second kappa shape index (κ2) is 7.18. The van der Waals surface area contributed by atoms with Gasteiger partial charge in [-0.05, 0) is 43.0 Å². The Morgan fingerprint density at radius 2 is 2.00 bits per heavy atom. The zero-order valence-electron chi connectivity index (χ0n) is 13.3. The zero-order valence-corrected chi connectivity index (χ0v) is 14.2. The molecule has 0 aromatic heterocycles. The summed E-state index contributed by atoms with van der Waals surface area (Å²) in [6, 6.07) is 6.32. The van der Waals surface area contributed by atoms with E-state index in [0.717, 1.165) is 5.75 Å². The highest BCUT2D eigenvalue weighted by atomic mass is 32.2. The fraction of sp³-hybridized carbons (Fsp3) is 0.529. The van der Waals surface area contributed by atoms with Crippen molar-refractivity contribution in [1.82, 2.24) is 4.90 Å². The third-order valence-corrected chi connectivity index (χ3v) is 5.34. The topological polar surface area (TPSA) is 57.6 Å². The number of hydrogen-bond donors (Lipinski definition) is 1. The molecule has 2 rings (SSSR count). The number of likely N-dealkylation sites (tertiary alicyclic amines) is 1. The molecule has 22 heavy (non-hydrogen) atoms. The summed E-state index contributed by atoms with van der Waals surface area (Å²) >= 11 is 1.67. The first-order chi connectivity index (χ1) is 10.4. The molecule has 0 saturated carbocycles. The summed E-state index contributed by atoms with van der Waals surface area (Å²) in [5.74, 6) is -0.395. The molecule has 0 unspecified atom stereocenters. The molecule has 2 atom stereocenters. The lowest BCUT2D eigenvalue weighted by molar-refractivity contribution is -0.142. The van der Waals surface area contributed by atoms with Gasteiger partial charge < -0.3 is 10.0 Å². The number of hydrogen-bond acceptors (Lipinski definition) is 3. The molecule has 4 nitrogen and oxygen atoms in total. The number of carboxylic acids is 1. The van der Waals surface area contributed by atoms with Crippen LogP contribution in [0.4, 0.5) is 0 Å². The van der Waals surface area contributed by atoms with E-state index < -0.39 is 11.9 Å². The Hall–Kier alpha value is -1.49. The summed E-state index contributed by atoms with van der Waals surface area (Å²) in [6.07, 6.45) is 0.455. The van der Waals surface area contributed by atoms with E-state index in [9.17, 15) is 9.59 Å². The molecule has 0 aliphatic carbocycles. The maximum absolute atomic E-state index is 12.2. The number of thioether (sulfide) groups is 1. The monoisotopic (exact) mass is 321 g/mol. The van der Waals surface area contributed by atoms with E-state index in [4.69, 9.17) is 5.11 Å². The van der Waals surface area contributed by atoms with E-state index in [0.29, 0.717) is 19.5 Å². The molecule has 0 bridgehead atoms. The van der Waals surface area contributed by atoms with Crippen LogP contribution in [-0.4, -0.2) is 40.7 Å². The standard InChI is InChI=1S/C17H23NO3S/c1-11-4-5-14(8-12(11)2)22-7-6-16(19)18-9-13(3)15(10-18)17(20)21/h4-5,8,13,15H,6-7,9-10H2,1-3H3,(H,20,21)/t13-,15-/m1/s1. The van der Waals surface area contributed by atoms with Crippen LogP contribution < -0.4 is 0 Å². The number of amides is 1. The first-order valence-corrected chi connectivity index (χ1v) is 8.57. The number of benzene rings is 1. The van der Waals surface area contributed by atoms with Gasteiger partial charge in [-0.25, -0.2) is 0 Å². The average molecular weight is 321 g/mol. The fourth-order valence-electron chi connectivity index (χ4n) is 2.71. The molecule has 0 radical (unpaired) electrons. The number of carbonyl (C=O) groups is 2. The summed E-state index contributed by atoms with van der Waals surface area (Å²) in [6.45, 7) is 6.98. The summed E-state index contributed by atoms with van der Waals surface area (Å²) in [5, 5.41) is 9.11. The van der Waals surface area contributed by atoms with Crippen LogP contribution in [0.1, 0.15) is 24.5 Å². The molecule has 1 N–H and O–H groups in total. The lowest BCUT2D eigenvalue weighted by Crippen LogP contribution is -2.30. The van der Waals surface area contributed by atoms with E-state index in [1.165, 1.54) is 16.0 Å². The minimum absolute atomic E-state index is 0.0360. The Balaban J connectivity index is 1.81. The molecule has 1 aromatic rings. The van der Waals surface area contributed by atoms with Gasteiger partial charge in [-0.1, -0.05) is 13.0 Å². The minimum atomic E-state index is -0.799. The van der Waals surface area contributed by atoms with Crippen molar-refractivity contribution in [2.75, 3.05) is 18.8 Å². The van der Waals surface area contributed by atoms with E-state index in [-0.39, 0.29) is 11.8 Å². The zero-order chi connectivity index (χ0) is 16.3. The predicted molar refractivity (Wildman–Crippen MR) is 88.1 cm³/mol. The second-order valence-corrected chi connectivity index (χ2v) is 7.23. The second-order valence-electron chi connectivity index (χ2n) is 6.07. The first-order valence-electron chi connectivity index (χ1n) is 7.59. The van der Waals surface area contributed by atoms with Crippen molar-refractivity contribution in [3.05, 3.63) is 29.3 Å². The molecular weight excluding hydrogens is 298 g/mol. The molecule has 1 saturated heterocycles. The number of rotatable bonds is 5. The average Bonchev–Trinajstić information content (AvgIpc) is 2.85. The van der Waals surface area contributed by atoms with Gasteiger partial charge in [-0.3, -0.25) is 9.59 Å². The van der Waals surface area contributed by atoms with E-state index in [1.807, 2.05) is 6.92 Å². The highest BCUT2D eigenvalue weighted by Gasteiger charge is 2.36. The van der Waals surface area contributed by atoms with Crippen LogP contribution in [0.3, 0.4) is 0 Å². The van der Waals surface area contributed by atoms with Crippen molar-refractivity contribution < 1.29 is 14.7 Å². The number of aliphatic carboxylic acids is 1. The normalized spacial score (nSPS) is 21.1. The molecule has 0 spiro atoms. The minimum Gasteiger partial charge on any atom is -0.481 e. The lowest BCUT2D eigenvalue weighted by Gasteiger charge is -2.15. The van der Waals surface area contributed by atoms with E-state index in [2.05, 4.69) is 32.0 Å². The van der Waals surface area contributed by atoms with Crippen LogP contribution >= 0.6 is 11.8 Å². The van der Waals surface area contributed by atoms with Gasteiger partial charge in [0, 0.05) is 30.2 Å². The van der Waals surface area contributed by atoms with Crippen LogP contribution in [0.5, 0.6) is 0 Å². The van der Waals surface area contributed by atoms with Crippen molar-refractivity contribution in [2.45, 2.75) is 32.1 Å². The Kier molecular flexibility index (Phi) is 5.51. The quantitative estimate of drug-likeness (QED) is 0.847. The number of aryl methyl sites for hydroxylation is 2. The molecule has 1 aromatic carbocycles. The predicted octanol–water partition coefficient (Wildman–Crippen LogP) is 2.96. The molecular formula is C17H23NO3S.